The molecule has 4 heteroatoms. The van der Waals surface area contributed by atoms with Gasteiger partial charge < -0.3 is 10.2 Å². The highest BCUT2D eigenvalue weighted by Crippen LogP contribution is 2.36. The van der Waals surface area contributed by atoms with E-state index in [0.29, 0.717) is 28.7 Å². The maximum atomic E-state index is 8.96. The molecule has 2 aliphatic heterocycles. The summed E-state index contributed by atoms with van der Waals surface area (Å²) in [5.74, 6) is 0. The number of hydrogen-bond donors (Lipinski definition) is 1. The van der Waals surface area contributed by atoms with Crippen LogP contribution < -0.4 is 5.32 Å². The van der Waals surface area contributed by atoms with Gasteiger partial charge in [-0.2, -0.15) is 5.26 Å². The topological polar surface area (TPSA) is 39.1 Å². The van der Waals surface area contributed by atoms with E-state index in [0.717, 1.165) is 5.69 Å². The van der Waals surface area contributed by atoms with Gasteiger partial charge in [0.2, 0.25) is 0 Å². The number of rotatable bonds is 2. The summed E-state index contributed by atoms with van der Waals surface area (Å²) in [5, 5.41) is 13.2. The predicted octanol–water partition coefficient (Wildman–Crippen LogP) is 3.25. The normalized spacial score (nSPS) is 30.1. The van der Waals surface area contributed by atoms with Gasteiger partial charge in [-0.15, -0.1) is 0 Å². The first-order valence-electron chi connectivity index (χ1n) is 6.85. The maximum Gasteiger partial charge on any atom is 0.0992 e. The molecule has 1 N–H and O–H groups in total. The van der Waals surface area contributed by atoms with E-state index in [1.54, 1.807) is 12.1 Å². The molecule has 2 bridgehead atoms. The Kier molecular flexibility index (Phi) is 3.38. The summed E-state index contributed by atoms with van der Waals surface area (Å²) in [6.45, 7) is 0. The highest BCUT2D eigenvalue weighted by atomic mass is 35.5. The average molecular weight is 276 g/mol. The smallest absolute Gasteiger partial charge is 0.0992 e. The van der Waals surface area contributed by atoms with Crippen LogP contribution in [0.3, 0.4) is 0 Å². The van der Waals surface area contributed by atoms with Gasteiger partial charge >= 0.3 is 0 Å². The van der Waals surface area contributed by atoms with Crippen molar-refractivity contribution in [3.8, 4) is 6.07 Å². The second kappa shape index (κ2) is 5.03. The second-order valence-electron chi connectivity index (χ2n) is 5.67. The number of nitriles is 1. The molecule has 3 nitrogen and oxygen atoms in total. The maximum absolute atomic E-state index is 8.96. The van der Waals surface area contributed by atoms with Gasteiger partial charge in [-0.3, -0.25) is 0 Å². The number of halogens is 1. The average Bonchev–Trinajstić information content (AvgIpc) is 2.64. The summed E-state index contributed by atoms with van der Waals surface area (Å²) < 4.78 is 0. The molecule has 0 aromatic heterocycles. The zero-order chi connectivity index (χ0) is 13.4. The van der Waals surface area contributed by atoms with E-state index in [2.05, 4.69) is 23.3 Å². The van der Waals surface area contributed by atoms with E-state index >= 15 is 0 Å². The molecular weight excluding hydrogens is 258 g/mol. The largest absolute Gasteiger partial charge is 0.381 e. The quantitative estimate of drug-likeness (QED) is 0.901. The lowest BCUT2D eigenvalue weighted by Crippen LogP contribution is -2.44. The fraction of sp³-hybridized carbons (Fsp3) is 0.533. The van der Waals surface area contributed by atoms with Crippen molar-refractivity contribution in [3.05, 3.63) is 28.8 Å². The summed E-state index contributed by atoms with van der Waals surface area (Å²) in [5.41, 5.74) is 1.55. The van der Waals surface area contributed by atoms with E-state index < -0.39 is 0 Å². The monoisotopic (exact) mass is 275 g/mol. The number of nitrogens with one attached hydrogen (secondary N) is 1. The third kappa shape index (κ3) is 2.43. The Bertz CT molecular complexity index is 509. The van der Waals surface area contributed by atoms with Gasteiger partial charge in [-0.25, -0.2) is 0 Å². The highest BCUT2D eigenvalue weighted by Gasteiger charge is 2.38. The Labute approximate surface area is 119 Å². The molecule has 2 atom stereocenters. The van der Waals surface area contributed by atoms with Gasteiger partial charge in [-0.05, 0) is 50.9 Å². The molecule has 2 fully saturated rings. The summed E-state index contributed by atoms with van der Waals surface area (Å²) in [4.78, 5) is 2.52. The molecule has 1 aromatic rings. The van der Waals surface area contributed by atoms with Crippen LogP contribution in [0.1, 0.15) is 31.2 Å². The minimum atomic E-state index is 0.472. The molecule has 100 valence electrons. The summed E-state index contributed by atoms with van der Waals surface area (Å²) in [6, 6.07) is 9.44. The number of benzene rings is 1. The molecule has 0 amide bonds. The fourth-order valence-corrected chi connectivity index (χ4v) is 3.63. The van der Waals surface area contributed by atoms with Gasteiger partial charge in [0.25, 0.3) is 0 Å². The van der Waals surface area contributed by atoms with Crippen molar-refractivity contribution in [3.63, 3.8) is 0 Å². The molecule has 2 saturated heterocycles. The van der Waals surface area contributed by atoms with Crippen LogP contribution in [0.25, 0.3) is 0 Å². The Morgan fingerprint density at radius 3 is 2.63 bits per heavy atom. The van der Waals surface area contributed by atoms with Gasteiger partial charge in [0.15, 0.2) is 0 Å². The minimum absolute atomic E-state index is 0.472. The van der Waals surface area contributed by atoms with E-state index in [1.807, 2.05) is 6.07 Å². The molecule has 0 spiro atoms. The van der Waals surface area contributed by atoms with Crippen molar-refractivity contribution in [1.29, 1.82) is 5.26 Å². The Balaban J connectivity index is 1.74. The van der Waals surface area contributed by atoms with Crippen LogP contribution in [0.2, 0.25) is 5.02 Å². The number of fused-ring (bicyclic) bond motifs is 2. The SMILES string of the molecule is CN1C2CCC1CC(Nc1cc(C#N)ccc1Cl)C2. The lowest BCUT2D eigenvalue weighted by atomic mass is 9.97. The number of anilines is 1. The van der Waals surface area contributed by atoms with Crippen LogP contribution in [0.15, 0.2) is 18.2 Å². The summed E-state index contributed by atoms with van der Waals surface area (Å²) in [6.07, 6.45) is 4.96. The molecule has 2 aliphatic rings. The van der Waals surface area contributed by atoms with Crippen molar-refractivity contribution in [1.82, 2.24) is 4.90 Å². The minimum Gasteiger partial charge on any atom is -0.381 e. The highest BCUT2D eigenvalue weighted by molar-refractivity contribution is 6.33. The van der Waals surface area contributed by atoms with Crippen molar-refractivity contribution in [2.24, 2.45) is 0 Å². The number of piperidine rings is 1. The van der Waals surface area contributed by atoms with E-state index in [1.165, 1.54) is 25.7 Å². The lowest BCUT2D eigenvalue weighted by molar-refractivity contribution is 0.169. The van der Waals surface area contributed by atoms with Crippen LogP contribution >= 0.6 is 11.6 Å². The Hall–Kier alpha value is -1.24. The lowest BCUT2D eigenvalue weighted by Gasteiger charge is -2.37. The number of nitrogens with zero attached hydrogens (tertiary/aromatic N) is 2. The zero-order valence-electron chi connectivity index (χ0n) is 11.1. The molecule has 0 radical (unpaired) electrons. The molecular formula is C15H18ClN3. The van der Waals surface area contributed by atoms with Crippen LogP contribution in [0, 0.1) is 11.3 Å². The van der Waals surface area contributed by atoms with Crippen LogP contribution in [-0.4, -0.2) is 30.1 Å². The van der Waals surface area contributed by atoms with E-state index in [-0.39, 0.29) is 0 Å². The number of hydrogen-bond acceptors (Lipinski definition) is 3. The van der Waals surface area contributed by atoms with Gasteiger partial charge in [0.1, 0.15) is 0 Å². The molecule has 0 aliphatic carbocycles. The third-order valence-corrected chi connectivity index (χ3v) is 4.88. The van der Waals surface area contributed by atoms with Crippen LogP contribution in [0.4, 0.5) is 5.69 Å². The Morgan fingerprint density at radius 2 is 2.00 bits per heavy atom. The van der Waals surface area contributed by atoms with Crippen molar-refractivity contribution >= 4 is 17.3 Å². The van der Waals surface area contributed by atoms with Gasteiger partial charge in [-0.1, -0.05) is 11.6 Å². The predicted molar refractivity (Wildman–Crippen MR) is 77.4 cm³/mol. The first-order valence-corrected chi connectivity index (χ1v) is 7.23. The van der Waals surface area contributed by atoms with E-state index in [4.69, 9.17) is 16.9 Å². The molecule has 3 rings (SSSR count). The molecule has 19 heavy (non-hydrogen) atoms. The van der Waals surface area contributed by atoms with E-state index in [9.17, 15) is 0 Å². The summed E-state index contributed by atoms with van der Waals surface area (Å²) >= 11 is 6.21. The van der Waals surface area contributed by atoms with Crippen LogP contribution in [-0.2, 0) is 0 Å². The molecule has 1 aromatic carbocycles. The zero-order valence-corrected chi connectivity index (χ0v) is 11.8. The third-order valence-electron chi connectivity index (χ3n) is 4.55. The fourth-order valence-electron chi connectivity index (χ4n) is 3.45. The van der Waals surface area contributed by atoms with Crippen molar-refractivity contribution in [2.75, 3.05) is 12.4 Å². The summed E-state index contributed by atoms with van der Waals surface area (Å²) in [7, 11) is 2.24. The van der Waals surface area contributed by atoms with Gasteiger partial charge in [0, 0.05) is 18.1 Å². The molecule has 2 heterocycles. The van der Waals surface area contributed by atoms with Crippen molar-refractivity contribution in [2.45, 2.75) is 43.8 Å². The van der Waals surface area contributed by atoms with Gasteiger partial charge in [0.05, 0.1) is 22.3 Å². The molecule has 0 saturated carbocycles. The molecule has 2 unspecified atom stereocenters. The van der Waals surface area contributed by atoms with Crippen molar-refractivity contribution < 1.29 is 0 Å². The second-order valence-corrected chi connectivity index (χ2v) is 6.08. The van der Waals surface area contributed by atoms with Crippen LogP contribution in [0.5, 0.6) is 0 Å². The standard InChI is InChI=1S/C15H18ClN3/c1-19-12-3-4-13(19)8-11(7-12)18-15-6-10(9-17)2-5-14(15)16/h2,5-6,11-13,18H,3-4,7-8H2,1H3. The first-order chi connectivity index (χ1) is 9.17. The first kappa shape index (κ1) is 12.8. The Morgan fingerprint density at radius 1 is 1.32 bits per heavy atom.